The molecule has 0 radical (unpaired) electrons. The fourth-order valence-corrected chi connectivity index (χ4v) is 3.13. The minimum Gasteiger partial charge on any atom is -0.483 e. The predicted molar refractivity (Wildman–Crippen MR) is 84.8 cm³/mol. The summed E-state index contributed by atoms with van der Waals surface area (Å²) in [6.07, 6.45) is 1.08. The zero-order valence-electron chi connectivity index (χ0n) is 13.5. The Bertz CT molecular complexity index is 491. The molecular formula is C17H26N2O2. The van der Waals surface area contributed by atoms with Gasteiger partial charge in [-0.05, 0) is 57.8 Å². The molecule has 1 aliphatic rings. The summed E-state index contributed by atoms with van der Waals surface area (Å²) in [5.74, 6) is 1.51. The zero-order valence-corrected chi connectivity index (χ0v) is 13.5. The van der Waals surface area contributed by atoms with Gasteiger partial charge >= 0.3 is 0 Å². The van der Waals surface area contributed by atoms with Crippen LogP contribution >= 0.6 is 0 Å². The fraction of sp³-hybridized carbons (Fsp3) is 0.588. The van der Waals surface area contributed by atoms with E-state index in [1.165, 1.54) is 5.56 Å². The second-order valence-electron chi connectivity index (χ2n) is 6.07. The maximum Gasteiger partial charge on any atom is 0.260 e. The Morgan fingerprint density at radius 2 is 2.00 bits per heavy atom. The number of nitrogens with zero attached hydrogens (tertiary/aromatic N) is 1. The lowest BCUT2D eigenvalue weighted by atomic mass is 10.1. The number of likely N-dealkylation sites (tertiary alicyclic amines) is 1. The van der Waals surface area contributed by atoms with Gasteiger partial charge in [-0.25, -0.2) is 0 Å². The van der Waals surface area contributed by atoms with E-state index in [0.717, 1.165) is 42.9 Å². The van der Waals surface area contributed by atoms with Gasteiger partial charge in [0, 0.05) is 13.1 Å². The van der Waals surface area contributed by atoms with Gasteiger partial charge < -0.3 is 15.0 Å². The summed E-state index contributed by atoms with van der Waals surface area (Å²) in [6.45, 7) is 8.92. The van der Waals surface area contributed by atoms with E-state index in [-0.39, 0.29) is 12.5 Å². The normalized spacial score (nSPS) is 18.1. The molecule has 1 unspecified atom stereocenters. The van der Waals surface area contributed by atoms with Gasteiger partial charge in [0.15, 0.2) is 6.61 Å². The number of carbonyl (C=O) groups is 1. The molecule has 1 saturated heterocycles. The third-order valence-corrected chi connectivity index (χ3v) is 4.08. The second-order valence-corrected chi connectivity index (χ2v) is 6.07. The van der Waals surface area contributed by atoms with Gasteiger partial charge in [0.05, 0.1) is 0 Å². The van der Waals surface area contributed by atoms with Crippen LogP contribution < -0.4 is 10.1 Å². The van der Waals surface area contributed by atoms with Crippen LogP contribution in [0.3, 0.4) is 0 Å². The number of amides is 1. The summed E-state index contributed by atoms with van der Waals surface area (Å²) in [5.41, 5.74) is 3.41. The first-order valence-electron chi connectivity index (χ1n) is 7.64. The first-order chi connectivity index (χ1) is 10.0. The summed E-state index contributed by atoms with van der Waals surface area (Å²) in [6, 6.07) is 4.18. The van der Waals surface area contributed by atoms with Crippen molar-refractivity contribution in [3.8, 4) is 5.75 Å². The van der Waals surface area contributed by atoms with Crippen LogP contribution in [0.15, 0.2) is 12.1 Å². The molecule has 1 amide bonds. The highest BCUT2D eigenvalue weighted by Crippen LogP contribution is 2.24. The number of rotatable bonds is 5. The van der Waals surface area contributed by atoms with Crippen molar-refractivity contribution in [1.29, 1.82) is 0 Å². The lowest BCUT2D eigenvalue weighted by molar-refractivity contribution is -0.132. The summed E-state index contributed by atoms with van der Waals surface area (Å²) in [5, 5.41) is 3.18. The van der Waals surface area contributed by atoms with Gasteiger partial charge in [-0.3, -0.25) is 4.79 Å². The molecule has 1 aromatic rings. The topological polar surface area (TPSA) is 41.6 Å². The van der Waals surface area contributed by atoms with E-state index >= 15 is 0 Å². The Hall–Kier alpha value is -1.55. The first kappa shape index (κ1) is 15.8. The quantitative estimate of drug-likeness (QED) is 0.902. The molecule has 1 aliphatic heterocycles. The zero-order chi connectivity index (χ0) is 15.4. The maximum atomic E-state index is 12.2. The van der Waals surface area contributed by atoms with Crippen molar-refractivity contribution in [3.63, 3.8) is 0 Å². The molecule has 2 rings (SSSR count). The van der Waals surface area contributed by atoms with Crippen LogP contribution in [0.1, 0.15) is 23.1 Å². The number of ether oxygens (including phenoxy) is 1. The number of aryl methyl sites for hydroxylation is 3. The molecule has 0 saturated carbocycles. The molecule has 4 nitrogen and oxygen atoms in total. The van der Waals surface area contributed by atoms with E-state index < -0.39 is 0 Å². The van der Waals surface area contributed by atoms with Crippen LogP contribution in [-0.4, -0.2) is 44.1 Å². The van der Waals surface area contributed by atoms with Crippen molar-refractivity contribution in [1.82, 2.24) is 10.2 Å². The second kappa shape index (κ2) is 6.94. The Morgan fingerprint density at radius 1 is 1.33 bits per heavy atom. The number of nitrogens with one attached hydrogen (secondary N) is 1. The Labute approximate surface area is 127 Å². The van der Waals surface area contributed by atoms with Crippen LogP contribution in [0, 0.1) is 26.7 Å². The van der Waals surface area contributed by atoms with E-state index in [9.17, 15) is 4.79 Å². The van der Waals surface area contributed by atoms with Crippen LogP contribution in [0.25, 0.3) is 0 Å². The average molecular weight is 290 g/mol. The molecule has 0 aromatic heterocycles. The van der Waals surface area contributed by atoms with Gasteiger partial charge in [0.25, 0.3) is 5.91 Å². The smallest absolute Gasteiger partial charge is 0.260 e. The molecule has 1 fully saturated rings. The van der Waals surface area contributed by atoms with Gasteiger partial charge in [0.2, 0.25) is 0 Å². The number of hydrogen-bond donors (Lipinski definition) is 1. The third-order valence-electron chi connectivity index (χ3n) is 4.08. The summed E-state index contributed by atoms with van der Waals surface area (Å²) in [7, 11) is 1.95. The molecule has 116 valence electrons. The highest BCUT2D eigenvalue weighted by molar-refractivity contribution is 5.78. The van der Waals surface area contributed by atoms with E-state index in [0.29, 0.717) is 5.92 Å². The minimum absolute atomic E-state index is 0.0907. The molecule has 4 heteroatoms. The van der Waals surface area contributed by atoms with Crippen LogP contribution in [0.4, 0.5) is 0 Å². The largest absolute Gasteiger partial charge is 0.483 e. The first-order valence-corrected chi connectivity index (χ1v) is 7.64. The van der Waals surface area contributed by atoms with Gasteiger partial charge in [-0.2, -0.15) is 0 Å². The van der Waals surface area contributed by atoms with Gasteiger partial charge in [-0.1, -0.05) is 17.7 Å². The van der Waals surface area contributed by atoms with Crippen LogP contribution in [-0.2, 0) is 4.79 Å². The molecule has 0 bridgehead atoms. The minimum atomic E-state index is 0.0907. The molecule has 0 aliphatic carbocycles. The van der Waals surface area contributed by atoms with E-state index in [1.54, 1.807) is 0 Å². The summed E-state index contributed by atoms with van der Waals surface area (Å²) in [4.78, 5) is 14.2. The lowest BCUT2D eigenvalue weighted by Crippen LogP contribution is -2.34. The molecule has 1 aromatic carbocycles. The van der Waals surface area contributed by atoms with Crippen molar-refractivity contribution in [3.05, 3.63) is 28.8 Å². The summed E-state index contributed by atoms with van der Waals surface area (Å²) >= 11 is 0. The molecular weight excluding hydrogens is 264 g/mol. The predicted octanol–water partition coefficient (Wildman–Crippen LogP) is 2.06. The Kier molecular flexibility index (Phi) is 5.23. The number of hydrogen-bond acceptors (Lipinski definition) is 3. The SMILES string of the molecule is CNCC1CCN(C(=O)COc2c(C)cc(C)cc2C)C1. The van der Waals surface area contributed by atoms with Crippen molar-refractivity contribution in [2.45, 2.75) is 27.2 Å². The van der Waals surface area contributed by atoms with Crippen molar-refractivity contribution in [2.24, 2.45) is 5.92 Å². The Morgan fingerprint density at radius 3 is 2.62 bits per heavy atom. The van der Waals surface area contributed by atoms with Gasteiger partial charge in [-0.15, -0.1) is 0 Å². The highest BCUT2D eigenvalue weighted by atomic mass is 16.5. The monoisotopic (exact) mass is 290 g/mol. The maximum absolute atomic E-state index is 12.2. The van der Waals surface area contributed by atoms with Crippen LogP contribution in [0.2, 0.25) is 0 Å². The summed E-state index contributed by atoms with van der Waals surface area (Å²) < 4.78 is 5.79. The lowest BCUT2D eigenvalue weighted by Gasteiger charge is -2.18. The standard InChI is InChI=1S/C17H26N2O2/c1-12-7-13(2)17(14(3)8-12)21-11-16(20)19-6-5-15(10-19)9-18-4/h7-8,15,18H,5-6,9-11H2,1-4H3. The molecule has 1 N–H and O–H groups in total. The van der Waals surface area contributed by atoms with E-state index in [2.05, 4.69) is 24.4 Å². The van der Waals surface area contributed by atoms with E-state index in [1.807, 2.05) is 25.8 Å². The van der Waals surface area contributed by atoms with Crippen molar-refractivity contribution >= 4 is 5.91 Å². The number of benzene rings is 1. The molecule has 0 spiro atoms. The average Bonchev–Trinajstić information content (AvgIpc) is 2.86. The van der Waals surface area contributed by atoms with Crippen molar-refractivity contribution in [2.75, 3.05) is 33.3 Å². The molecule has 21 heavy (non-hydrogen) atoms. The highest BCUT2D eigenvalue weighted by Gasteiger charge is 2.26. The van der Waals surface area contributed by atoms with Crippen molar-refractivity contribution < 1.29 is 9.53 Å². The molecule has 1 atom stereocenters. The van der Waals surface area contributed by atoms with Gasteiger partial charge in [0.1, 0.15) is 5.75 Å². The fourth-order valence-electron chi connectivity index (χ4n) is 3.13. The van der Waals surface area contributed by atoms with Crippen LogP contribution in [0.5, 0.6) is 5.75 Å². The van der Waals surface area contributed by atoms with E-state index in [4.69, 9.17) is 4.74 Å². The third kappa shape index (κ3) is 3.97. The number of carbonyl (C=O) groups excluding carboxylic acids is 1. The Balaban J connectivity index is 1.90. The molecule has 1 heterocycles.